The number of carbonyl (C=O) groups is 1. The molecule has 1 amide bonds. The number of fused-ring (bicyclic) bond motifs is 1. The third kappa shape index (κ3) is 2.23. The molecule has 0 aliphatic heterocycles. The Balaban J connectivity index is 1.85. The average molecular weight is 295 g/mol. The number of H-pyrrole nitrogens is 1. The number of benzene rings is 1. The molecule has 0 spiro atoms. The van der Waals surface area contributed by atoms with Gasteiger partial charge in [-0.25, -0.2) is 8.78 Å². The quantitative estimate of drug-likeness (QED) is 0.778. The molecule has 3 rings (SSSR count). The lowest BCUT2D eigenvalue weighted by atomic mass is 10.2. The number of rotatable bonds is 3. The second-order valence-electron chi connectivity index (χ2n) is 3.82. The highest BCUT2D eigenvalue weighted by Gasteiger charge is 2.18. The van der Waals surface area contributed by atoms with Crippen molar-refractivity contribution in [1.82, 2.24) is 20.4 Å². The summed E-state index contributed by atoms with van der Waals surface area (Å²) < 4.78 is 24.8. The first-order valence-electron chi connectivity index (χ1n) is 5.51. The molecule has 0 saturated carbocycles. The highest BCUT2D eigenvalue weighted by atomic mass is 32.1. The molecule has 0 radical (unpaired) electrons. The Hall–Kier alpha value is -2.42. The molecule has 102 valence electrons. The van der Waals surface area contributed by atoms with Crippen LogP contribution in [0.25, 0.3) is 10.9 Å². The van der Waals surface area contributed by atoms with Gasteiger partial charge >= 0.3 is 0 Å². The first kappa shape index (κ1) is 12.6. The molecule has 0 fully saturated rings. The molecule has 0 aliphatic carbocycles. The van der Waals surface area contributed by atoms with Crippen LogP contribution in [0.3, 0.4) is 0 Å². The number of hydrogen-bond acceptors (Lipinski definition) is 5. The minimum Gasteiger partial charge on any atom is -0.295 e. The number of hydrogen-bond donors (Lipinski definition) is 2. The zero-order valence-corrected chi connectivity index (χ0v) is 10.6. The van der Waals surface area contributed by atoms with Crippen LogP contribution in [0.2, 0.25) is 0 Å². The number of halogens is 2. The SMILES string of the molecule is O=C(Nc1nnc(C(F)F)s1)c1n[nH]c2ccccc12. The van der Waals surface area contributed by atoms with E-state index < -0.39 is 17.3 Å². The fraction of sp³-hybridized carbons (Fsp3) is 0.0909. The maximum absolute atomic E-state index is 12.4. The summed E-state index contributed by atoms with van der Waals surface area (Å²) in [5.41, 5.74) is 0.887. The van der Waals surface area contributed by atoms with Gasteiger partial charge in [0.15, 0.2) is 10.7 Å². The molecule has 9 heteroatoms. The summed E-state index contributed by atoms with van der Waals surface area (Å²) in [4.78, 5) is 12.0. The number of nitrogens with zero attached hydrogens (tertiary/aromatic N) is 3. The highest BCUT2D eigenvalue weighted by Crippen LogP contribution is 2.25. The maximum atomic E-state index is 12.4. The highest BCUT2D eigenvalue weighted by molar-refractivity contribution is 7.15. The van der Waals surface area contributed by atoms with Crippen molar-refractivity contribution in [3.63, 3.8) is 0 Å². The average Bonchev–Trinajstić information content (AvgIpc) is 3.04. The molecular weight excluding hydrogens is 288 g/mol. The summed E-state index contributed by atoms with van der Waals surface area (Å²) in [7, 11) is 0. The van der Waals surface area contributed by atoms with Crippen LogP contribution in [0.5, 0.6) is 0 Å². The van der Waals surface area contributed by atoms with Crippen molar-refractivity contribution in [2.75, 3.05) is 5.32 Å². The van der Waals surface area contributed by atoms with Gasteiger partial charge in [0.2, 0.25) is 5.13 Å². The van der Waals surface area contributed by atoms with Gasteiger partial charge in [-0.05, 0) is 6.07 Å². The molecule has 0 bridgehead atoms. The van der Waals surface area contributed by atoms with Crippen LogP contribution in [0, 0.1) is 0 Å². The second-order valence-corrected chi connectivity index (χ2v) is 4.83. The number of nitrogens with one attached hydrogen (secondary N) is 2. The van der Waals surface area contributed by atoms with Crippen LogP contribution >= 0.6 is 11.3 Å². The molecule has 2 N–H and O–H groups in total. The molecule has 6 nitrogen and oxygen atoms in total. The van der Waals surface area contributed by atoms with E-state index in [4.69, 9.17) is 0 Å². The van der Waals surface area contributed by atoms with Crippen molar-refractivity contribution in [3.05, 3.63) is 35.0 Å². The van der Waals surface area contributed by atoms with E-state index in [0.29, 0.717) is 22.2 Å². The number of alkyl halides is 2. The summed E-state index contributed by atoms with van der Waals surface area (Å²) in [6.07, 6.45) is -2.70. The Morgan fingerprint density at radius 3 is 2.85 bits per heavy atom. The van der Waals surface area contributed by atoms with E-state index in [1.807, 2.05) is 6.07 Å². The van der Waals surface area contributed by atoms with Crippen LogP contribution in [0.4, 0.5) is 13.9 Å². The van der Waals surface area contributed by atoms with E-state index in [1.54, 1.807) is 18.2 Å². The number of para-hydroxylation sites is 1. The summed E-state index contributed by atoms with van der Waals surface area (Å²) in [5.74, 6) is -0.528. The van der Waals surface area contributed by atoms with E-state index in [0.717, 1.165) is 0 Å². The fourth-order valence-electron chi connectivity index (χ4n) is 1.67. The van der Waals surface area contributed by atoms with Crippen LogP contribution in [-0.2, 0) is 0 Å². The van der Waals surface area contributed by atoms with Gasteiger partial charge in [0, 0.05) is 5.39 Å². The molecule has 0 unspecified atom stereocenters. The fourth-order valence-corrected chi connectivity index (χ4v) is 2.26. The van der Waals surface area contributed by atoms with Crippen molar-refractivity contribution >= 4 is 33.3 Å². The van der Waals surface area contributed by atoms with Crippen LogP contribution in [-0.4, -0.2) is 26.3 Å². The largest absolute Gasteiger partial charge is 0.295 e. The van der Waals surface area contributed by atoms with E-state index in [9.17, 15) is 13.6 Å². The van der Waals surface area contributed by atoms with Crippen molar-refractivity contribution in [2.45, 2.75) is 6.43 Å². The first-order chi connectivity index (χ1) is 9.65. The Morgan fingerprint density at radius 2 is 2.10 bits per heavy atom. The first-order valence-corrected chi connectivity index (χ1v) is 6.33. The lowest BCUT2D eigenvalue weighted by molar-refractivity contribution is 0.102. The van der Waals surface area contributed by atoms with Gasteiger partial charge in [0.05, 0.1) is 5.52 Å². The van der Waals surface area contributed by atoms with Gasteiger partial charge in [0.25, 0.3) is 12.3 Å². The lowest BCUT2D eigenvalue weighted by Gasteiger charge is -1.97. The van der Waals surface area contributed by atoms with Gasteiger partial charge < -0.3 is 0 Å². The Labute approximate surface area is 114 Å². The molecule has 0 atom stereocenters. The number of aromatic nitrogens is 4. The molecule has 0 aliphatic rings. The maximum Gasteiger partial charge on any atom is 0.291 e. The molecule has 2 aromatic heterocycles. The van der Waals surface area contributed by atoms with Crippen molar-refractivity contribution in [2.24, 2.45) is 0 Å². The third-order valence-electron chi connectivity index (χ3n) is 2.53. The van der Waals surface area contributed by atoms with E-state index in [2.05, 4.69) is 25.7 Å². The molecule has 1 aromatic carbocycles. The van der Waals surface area contributed by atoms with Crippen LogP contribution in [0.1, 0.15) is 21.9 Å². The van der Waals surface area contributed by atoms with Crippen molar-refractivity contribution < 1.29 is 13.6 Å². The number of aromatic amines is 1. The van der Waals surface area contributed by atoms with Gasteiger partial charge in [0.1, 0.15) is 0 Å². The van der Waals surface area contributed by atoms with Gasteiger partial charge in [-0.2, -0.15) is 5.10 Å². The van der Waals surface area contributed by atoms with Crippen molar-refractivity contribution in [1.29, 1.82) is 0 Å². The van der Waals surface area contributed by atoms with Gasteiger partial charge in [-0.15, -0.1) is 10.2 Å². The van der Waals surface area contributed by atoms with Crippen LogP contribution < -0.4 is 5.32 Å². The van der Waals surface area contributed by atoms with Gasteiger partial charge in [-0.3, -0.25) is 15.2 Å². The normalized spacial score (nSPS) is 11.2. The van der Waals surface area contributed by atoms with Crippen molar-refractivity contribution in [3.8, 4) is 0 Å². The zero-order valence-electron chi connectivity index (χ0n) is 9.80. The summed E-state index contributed by atoms with van der Waals surface area (Å²) >= 11 is 0.630. The predicted octanol–water partition coefficient (Wildman–Crippen LogP) is 2.60. The van der Waals surface area contributed by atoms with E-state index in [1.165, 1.54) is 0 Å². The Bertz CT molecular complexity index is 769. The standard InChI is InChI=1S/C11H7F2N5OS/c12-8(13)10-17-18-11(20-10)14-9(19)7-5-3-1-2-4-6(5)15-16-7/h1-4,8H,(H,15,16)(H,14,18,19). The summed E-state index contributed by atoms with van der Waals surface area (Å²) in [6.45, 7) is 0. The monoisotopic (exact) mass is 295 g/mol. The predicted molar refractivity (Wildman–Crippen MR) is 68.9 cm³/mol. The zero-order chi connectivity index (χ0) is 14.1. The smallest absolute Gasteiger partial charge is 0.291 e. The third-order valence-corrected chi connectivity index (χ3v) is 3.38. The van der Waals surface area contributed by atoms with E-state index in [-0.39, 0.29) is 10.8 Å². The molecular formula is C11H7F2N5OS. The molecule has 3 aromatic rings. The molecule has 0 saturated heterocycles. The Kier molecular flexibility index (Phi) is 3.11. The minimum atomic E-state index is -2.70. The molecule has 2 heterocycles. The number of anilines is 1. The number of amides is 1. The Morgan fingerprint density at radius 1 is 1.30 bits per heavy atom. The topological polar surface area (TPSA) is 83.6 Å². The summed E-state index contributed by atoms with van der Waals surface area (Å²) in [6, 6.07) is 7.09. The van der Waals surface area contributed by atoms with Gasteiger partial charge in [-0.1, -0.05) is 29.5 Å². The summed E-state index contributed by atoms with van der Waals surface area (Å²) in [5, 5.41) is 16.0. The lowest BCUT2D eigenvalue weighted by Crippen LogP contribution is -2.12. The number of carbonyl (C=O) groups excluding carboxylic acids is 1. The van der Waals surface area contributed by atoms with Crippen LogP contribution in [0.15, 0.2) is 24.3 Å². The van der Waals surface area contributed by atoms with E-state index >= 15 is 0 Å². The minimum absolute atomic E-state index is 0.0115. The second kappa shape index (κ2) is 4.93. The molecule has 20 heavy (non-hydrogen) atoms.